The number of amides is 1. The number of carboxylic acid groups (broad SMARTS) is 1. The zero-order valence-corrected chi connectivity index (χ0v) is 15.6. The monoisotopic (exact) mass is 388 g/mol. The first-order chi connectivity index (χ1) is 12.8. The van der Waals surface area contributed by atoms with Crippen molar-refractivity contribution in [2.75, 3.05) is 26.2 Å². The molecule has 3 rings (SSSR count). The molecule has 0 spiro atoms. The summed E-state index contributed by atoms with van der Waals surface area (Å²) in [6.45, 7) is 2.78. The van der Waals surface area contributed by atoms with E-state index in [4.69, 9.17) is 5.11 Å². The Balaban J connectivity index is 1.69. The van der Waals surface area contributed by atoms with Crippen molar-refractivity contribution in [2.24, 2.45) is 0 Å². The molecule has 1 fully saturated rings. The summed E-state index contributed by atoms with van der Waals surface area (Å²) < 4.78 is 26.8. The lowest BCUT2D eigenvalue weighted by Crippen LogP contribution is -2.50. The summed E-state index contributed by atoms with van der Waals surface area (Å²) >= 11 is 0. The summed E-state index contributed by atoms with van der Waals surface area (Å²) in [5.41, 5.74) is 1.30. The highest BCUT2D eigenvalue weighted by Gasteiger charge is 2.30. The van der Waals surface area contributed by atoms with Crippen LogP contribution in [-0.2, 0) is 10.0 Å². The third-order valence-corrected chi connectivity index (χ3v) is 6.45. The molecule has 0 unspecified atom stereocenters. The number of benzene rings is 2. The van der Waals surface area contributed by atoms with Crippen molar-refractivity contribution < 1.29 is 23.1 Å². The highest BCUT2D eigenvalue weighted by molar-refractivity contribution is 7.89. The van der Waals surface area contributed by atoms with E-state index in [0.717, 1.165) is 5.56 Å². The molecule has 27 heavy (non-hydrogen) atoms. The van der Waals surface area contributed by atoms with Gasteiger partial charge in [0.2, 0.25) is 10.0 Å². The average Bonchev–Trinajstić information content (AvgIpc) is 2.68. The van der Waals surface area contributed by atoms with Crippen LogP contribution in [0, 0.1) is 6.92 Å². The lowest BCUT2D eigenvalue weighted by molar-refractivity contribution is 0.0696. The molecule has 1 saturated heterocycles. The average molecular weight is 388 g/mol. The molecule has 0 bridgehead atoms. The lowest BCUT2D eigenvalue weighted by atomic mass is 10.1. The Morgan fingerprint density at radius 3 is 2.11 bits per heavy atom. The Hall–Kier alpha value is -2.71. The number of rotatable bonds is 4. The van der Waals surface area contributed by atoms with E-state index >= 15 is 0 Å². The molecule has 1 aliphatic heterocycles. The Morgan fingerprint density at radius 2 is 1.52 bits per heavy atom. The van der Waals surface area contributed by atoms with E-state index in [0.29, 0.717) is 0 Å². The number of aryl methyl sites for hydroxylation is 1. The third kappa shape index (κ3) is 4.01. The van der Waals surface area contributed by atoms with E-state index in [1.165, 1.54) is 22.5 Å². The standard InChI is InChI=1S/C19H20N2O5S/c1-14-5-7-17(8-6-14)27(25,26)21-11-9-20(10-12-21)18(22)15-3-2-4-16(13-15)19(23)24/h2-8,13H,9-12H2,1H3,(H,23,24). The first kappa shape index (κ1) is 19.1. The molecule has 1 heterocycles. The van der Waals surface area contributed by atoms with Gasteiger partial charge in [0.25, 0.3) is 5.91 Å². The molecule has 1 amide bonds. The predicted octanol–water partition coefficient (Wildman–Crippen LogP) is 1.84. The van der Waals surface area contributed by atoms with Gasteiger partial charge in [0, 0.05) is 31.7 Å². The summed E-state index contributed by atoms with van der Waals surface area (Å²) in [7, 11) is -3.59. The van der Waals surface area contributed by atoms with Crippen molar-refractivity contribution in [1.82, 2.24) is 9.21 Å². The zero-order chi connectivity index (χ0) is 19.6. The number of aromatic carboxylic acids is 1. The van der Waals surface area contributed by atoms with E-state index in [-0.39, 0.29) is 48.1 Å². The van der Waals surface area contributed by atoms with Gasteiger partial charge in [-0.15, -0.1) is 0 Å². The van der Waals surface area contributed by atoms with Crippen LogP contribution < -0.4 is 0 Å². The van der Waals surface area contributed by atoms with Gasteiger partial charge in [0.05, 0.1) is 10.5 Å². The number of hydrogen-bond acceptors (Lipinski definition) is 4. The first-order valence-electron chi connectivity index (χ1n) is 8.48. The largest absolute Gasteiger partial charge is 0.478 e. The molecule has 8 heteroatoms. The topological polar surface area (TPSA) is 95.0 Å². The number of carbonyl (C=O) groups is 2. The van der Waals surface area contributed by atoms with Gasteiger partial charge in [-0.3, -0.25) is 4.79 Å². The summed E-state index contributed by atoms with van der Waals surface area (Å²) in [6, 6.07) is 12.5. The van der Waals surface area contributed by atoms with Crippen molar-refractivity contribution >= 4 is 21.9 Å². The maximum atomic E-state index is 12.7. The molecule has 0 aromatic heterocycles. The Morgan fingerprint density at radius 1 is 0.926 bits per heavy atom. The summed E-state index contributed by atoms with van der Waals surface area (Å²) in [5, 5.41) is 9.05. The number of sulfonamides is 1. The van der Waals surface area contributed by atoms with Crippen LogP contribution in [0.15, 0.2) is 53.4 Å². The quantitative estimate of drug-likeness (QED) is 0.862. The molecule has 1 aliphatic rings. The molecule has 0 atom stereocenters. The summed E-state index contributed by atoms with van der Waals surface area (Å²) in [6.07, 6.45) is 0. The van der Waals surface area contributed by atoms with Gasteiger partial charge in [0.15, 0.2) is 0 Å². The van der Waals surface area contributed by atoms with Crippen molar-refractivity contribution in [3.8, 4) is 0 Å². The van der Waals surface area contributed by atoms with E-state index in [1.54, 1.807) is 35.2 Å². The van der Waals surface area contributed by atoms with Gasteiger partial charge in [-0.05, 0) is 37.3 Å². The molecule has 2 aromatic rings. The second kappa shape index (κ2) is 7.50. The number of carboxylic acids is 1. The smallest absolute Gasteiger partial charge is 0.335 e. The van der Waals surface area contributed by atoms with Crippen LogP contribution in [0.1, 0.15) is 26.3 Å². The van der Waals surface area contributed by atoms with Crippen molar-refractivity contribution in [3.05, 3.63) is 65.2 Å². The van der Waals surface area contributed by atoms with Crippen LogP contribution in [-0.4, -0.2) is 60.8 Å². The Bertz CT molecular complexity index is 962. The van der Waals surface area contributed by atoms with Crippen LogP contribution in [0.4, 0.5) is 0 Å². The fraction of sp³-hybridized carbons (Fsp3) is 0.263. The molecule has 2 aromatic carbocycles. The molecular formula is C19H20N2O5S. The number of piperazine rings is 1. The van der Waals surface area contributed by atoms with Crippen LogP contribution in [0.25, 0.3) is 0 Å². The van der Waals surface area contributed by atoms with Gasteiger partial charge in [-0.25, -0.2) is 13.2 Å². The zero-order valence-electron chi connectivity index (χ0n) is 14.8. The van der Waals surface area contributed by atoms with Crippen molar-refractivity contribution in [2.45, 2.75) is 11.8 Å². The normalized spacial score (nSPS) is 15.5. The van der Waals surface area contributed by atoms with E-state index < -0.39 is 16.0 Å². The minimum atomic E-state index is -3.59. The first-order valence-corrected chi connectivity index (χ1v) is 9.92. The van der Waals surface area contributed by atoms with Crippen LogP contribution in [0.5, 0.6) is 0 Å². The maximum absolute atomic E-state index is 12.7. The number of carbonyl (C=O) groups excluding carboxylic acids is 1. The predicted molar refractivity (Wildman–Crippen MR) is 99.2 cm³/mol. The second-order valence-corrected chi connectivity index (χ2v) is 8.33. The molecule has 142 valence electrons. The minimum absolute atomic E-state index is 0.0430. The van der Waals surface area contributed by atoms with Gasteiger partial charge in [-0.1, -0.05) is 23.8 Å². The van der Waals surface area contributed by atoms with Gasteiger partial charge < -0.3 is 10.0 Å². The fourth-order valence-corrected chi connectivity index (χ4v) is 4.38. The SMILES string of the molecule is Cc1ccc(S(=O)(=O)N2CCN(C(=O)c3cccc(C(=O)O)c3)CC2)cc1. The Labute approximate surface area is 157 Å². The van der Waals surface area contributed by atoms with Gasteiger partial charge in [0.1, 0.15) is 0 Å². The highest BCUT2D eigenvalue weighted by atomic mass is 32.2. The molecule has 0 aliphatic carbocycles. The molecule has 7 nitrogen and oxygen atoms in total. The van der Waals surface area contributed by atoms with Gasteiger partial charge >= 0.3 is 5.97 Å². The number of nitrogens with zero attached hydrogens (tertiary/aromatic N) is 2. The lowest BCUT2D eigenvalue weighted by Gasteiger charge is -2.34. The highest BCUT2D eigenvalue weighted by Crippen LogP contribution is 2.19. The molecule has 0 saturated carbocycles. The van der Waals surface area contributed by atoms with Crippen LogP contribution in [0.3, 0.4) is 0 Å². The molecule has 0 radical (unpaired) electrons. The van der Waals surface area contributed by atoms with Crippen LogP contribution >= 0.6 is 0 Å². The minimum Gasteiger partial charge on any atom is -0.478 e. The van der Waals surface area contributed by atoms with Gasteiger partial charge in [-0.2, -0.15) is 4.31 Å². The van der Waals surface area contributed by atoms with E-state index in [2.05, 4.69) is 0 Å². The third-order valence-electron chi connectivity index (χ3n) is 4.54. The summed E-state index contributed by atoms with van der Waals surface area (Å²) in [5.74, 6) is -1.40. The fourth-order valence-electron chi connectivity index (χ4n) is 2.96. The summed E-state index contributed by atoms with van der Waals surface area (Å²) in [4.78, 5) is 25.4. The molecular weight excluding hydrogens is 368 g/mol. The van der Waals surface area contributed by atoms with E-state index in [1.807, 2.05) is 6.92 Å². The van der Waals surface area contributed by atoms with Crippen molar-refractivity contribution in [3.63, 3.8) is 0 Å². The molecule has 1 N–H and O–H groups in total. The van der Waals surface area contributed by atoms with Crippen molar-refractivity contribution in [1.29, 1.82) is 0 Å². The maximum Gasteiger partial charge on any atom is 0.335 e. The number of hydrogen-bond donors (Lipinski definition) is 1. The second-order valence-electron chi connectivity index (χ2n) is 6.40. The van der Waals surface area contributed by atoms with E-state index in [9.17, 15) is 18.0 Å². The Kier molecular flexibility index (Phi) is 5.29. The van der Waals surface area contributed by atoms with Crippen LogP contribution in [0.2, 0.25) is 0 Å².